The molecule has 0 unspecified atom stereocenters. The van der Waals surface area contributed by atoms with Crippen LogP contribution >= 0.6 is 0 Å². The zero-order chi connectivity index (χ0) is 13.1. The number of nitrogen functional groups attached to an aromatic ring is 1. The van der Waals surface area contributed by atoms with Crippen molar-refractivity contribution in [3.05, 3.63) is 41.8 Å². The van der Waals surface area contributed by atoms with Gasteiger partial charge in [-0.2, -0.15) is 9.37 Å². The van der Waals surface area contributed by atoms with E-state index in [1.807, 2.05) is 12.1 Å². The molecule has 2 N–H and O–H groups in total. The summed E-state index contributed by atoms with van der Waals surface area (Å²) >= 11 is 0. The molecule has 0 radical (unpaired) electrons. The van der Waals surface area contributed by atoms with E-state index in [-0.39, 0.29) is 11.8 Å². The summed E-state index contributed by atoms with van der Waals surface area (Å²) in [6.45, 7) is 4.20. The summed E-state index contributed by atoms with van der Waals surface area (Å²) in [5, 5.41) is 0. The van der Waals surface area contributed by atoms with Crippen LogP contribution in [0.15, 0.2) is 30.5 Å². The summed E-state index contributed by atoms with van der Waals surface area (Å²) in [4.78, 5) is 7.22. The molecule has 0 aliphatic carbocycles. The molecule has 1 aromatic carbocycles. The van der Waals surface area contributed by atoms with Gasteiger partial charge in [-0.15, -0.1) is 0 Å². The van der Waals surface area contributed by atoms with E-state index >= 15 is 0 Å². The standard InChI is InChI=1S/C13H14FN3O/c1-8(2)9-3-5-10(6-4-9)18-12-11(14)7-16-13(15)17-12/h3-8H,1-2H3,(H2,15,16,17). The van der Waals surface area contributed by atoms with Crippen LogP contribution in [0.5, 0.6) is 11.6 Å². The smallest absolute Gasteiger partial charge is 0.260 e. The lowest BCUT2D eigenvalue weighted by molar-refractivity contribution is 0.421. The maximum atomic E-state index is 13.4. The Kier molecular flexibility index (Phi) is 3.41. The van der Waals surface area contributed by atoms with Gasteiger partial charge >= 0.3 is 0 Å². The van der Waals surface area contributed by atoms with Gasteiger partial charge in [0.2, 0.25) is 11.8 Å². The quantitative estimate of drug-likeness (QED) is 0.905. The number of hydrogen-bond acceptors (Lipinski definition) is 4. The minimum Gasteiger partial charge on any atom is -0.436 e. The Bertz CT molecular complexity index is 540. The van der Waals surface area contributed by atoms with Crippen LogP contribution < -0.4 is 10.5 Å². The van der Waals surface area contributed by atoms with Crippen LogP contribution in [0, 0.1) is 5.82 Å². The van der Waals surface area contributed by atoms with E-state index in [4.69, 9.17) is 10.5 Å². The molecule has 0 spiro atoms. The molecule has 4 nitrogen and oxygen atoms in total. The highest BCUT2D eigenvalue weighted by molar-refractivity contribution is 5.33. The first-order chi connectivity index (χ1) is 8.56. The molecule has 0 bridgehead atoms. The van der Waals surface area contributed by atoms with Gasteiger partial charge in [0.1, 0.15) is 5.75 Å². The van der Waals surface area contributed by atoms with E-state index in [2.05, 4.69) is 23.8 Å². The number of halogens is 1. The molecule has 18 heavy (non-hydrogen) atoms. The van der Waals surface area contributed by atoms with Gasteiger partial charge in [0.05, 0.1) is 6.20 Å². The fourth-order valence-electron chi connectivity index (χ4n) is 1.47. The summed E-state index contributed by atoms with van der Waals surface area (Å²) in [5.41, 5.74) is 6.56. The number of nitrogens with two attached hydrogens (primary N) is 1. The highest BCUT2D eigenvalue weighted by Crippen LogP contribution is 2.24. The molecular formula is C13H14FN3O. The van der Waals surface area contributed by atoms with E-state index < -0.39 is 5.82 Å². The Balaban J connectivity index is 2.21. The van der Waals surface area contributed by atoms with E-state index in [1.165, 1.54) is 5.56 Å². The van der Waals surface area contributed by atoms with Crippen molar-refractivity contribution in [3.8, 4) is 11.6 Å². The van der Waals surface area contributed by atoms with Crippen LogP contribution in [0.2, 0.25) is 0 Å². The molecule has 0 saturated heterocycles. The van der Waals surface area contributed by atoms with Crippen molar-refractivity contribution in [2.45, 2.75) is 19.8 Å². The topological polar surface area (TPSA) is 61.0 Å². The number of ether oxygens (including phenoxy) is 1. The van der Waals surface area contributed by atoms with Crippen LogP contribution in [0.1, 0.15) is 25.3 Å². The fraction of sp³-hybridized carbons (Fsp3) is 0.231. The van der Waals surface area contributed by atoms with E-state index in [0.717, 1.165) is 6.20 Å². The van der Waals surface area contributed by atoms with Gasteiger partial charge in [-0.05, 0) is 23.6 Å². The molecule has 2 aromatic rings. The first-order valence-corrected chi connectivity index (χ1v) is 5.62. The normalized spacial score (nSPS) is 10.7. The average molecular weight is 247 g/mol. The maximum Gasteiger partial charge on any atom is 0.260 e. The number of anilines is 1. The predicted molar refractivity (Wildman–Crippen MR) is 67.0 cm³/mol. The number of hydrogen-bond donors (Lipinski definition) is 1. The molecule has 2 rings (SSSR count). The molecule has 5 heteroatoms. The maximum absolute atomic E-state index is 13.4. The monoisotopic (exact) mass is 247 g/mol. The van der Waals surface area contributed by atoms with Crippen LogP contribution in [-0.4, -0.2) is 9.97 Å². The summed E-state index contributed by atoms with van der Waals surface area (Å²) in [6.07, 6.45) is 0.986. The molecule has 94 valence electrons. The van der Waals surface area contributed by atoms with Gasteiger partial charge in [0.15, 0.2) is 0 Å². The molecule has 0 saturated carbocycles. The summed E-state index contributed by atoms with van der Waals surface area (Å²) in [6, 6.07) is 7.41. The molecule has 0 aliphatic heterocycles. The number of aromatic nitrogens is 2. The Hall–Kier alpha value is -2.17. The van der Waals surface area contributed by atoms with Crippen molar-refractivity contribution >= 4 is 5.95 Å². The molecular weight excluding hydrogens is 233 g/mol. The van der Waals surface area contributed by atoms with Gasteiger partial charge in [-0.3, -0.25) is 0 Å². The highest BCUT2D eigenvalue weighted by atomic mass is 19.1. The summed E-state index contributed by atoms with van der Waals surface area (Å²) in [5.74, 6) is 0.115. The molecule has 0 fully saturated rings. The third-order valence-electron chi connectivity index (χ3n) is 2.49. The van der Waals surface area contributed by atoms with Crippen molar-refractivity contribution in [1.29, 1.82) is 0 Å². The first kappa shape index (κ1) is 12.3. The molecule has 0 amide bonds. The van der Waals surface area contributed by atoms with Crippen molar-refractivity contribution in [1.82, 2.24) is 9.97 Å². The summed E-state index contributed by atoms with van der Waals surface area (Å²) in [7, 11) is 0. The minimum absolute atomic E-state index is 0.0230. The lowest BCUT2D eigenvalue weighted by atomic mass is 10.0. The van der Waals surface area contributed by atoms with Gasteiger partial charge < -0.3 is 10.5 Å². The average Bonchev–Trinajstić information content (AvgIpc) is 2.34. The van der Waals surface area contributed by atoms with Gasteiger partial charge in [0.25, 0.3) is 5.88 Å². The van der Waals surface area contributed by atoms with Crippen LogP contribution in [0.3, 0.4) is 0 Å². The fourth-order valence-corrected chi connectivity index (χ4v) is 1.47. The second-order valence-corrected chi connectivity index (χ2v) is 4.21. The predicted octanol–water partition coefficient (Wildman–Crippen LogP) is 3.11. The van der Waals surface area contributed by atoms with E-state index in [9.17, 15) is 4.39 Å². The number of benzene rings is 1. The van der Waals surface area contributed by atoms with Crippen molar-refractivity contribution < 1.29 is 9.13 Å². The lowest BCUT2D eigenvalue weighted by Gasteiger charge is -2.08. The van der Waals surface area contributed by atoms with Crippen LogP contribution in [-0.2, 0) is 0 Å². The SMILES string of the molecule is CC(C)c1ccc(Oc2nc(N)ncc2F)cc1. The van der Waals surface area contributed by atoms with Gasteiger partial charge in [-0.1, -0.05) is 26.0 Å². The van der Waals surface area contributed by atoms with Crippen molar-refractivity contribution in [2.75, 3.05) is 5.73 Å². The van der Waals surface area contributed by atoms with Crippen molar-refractivity contribution in [2.24, 2.45) is 0 Å². The second-order valence-electron chi connectivity index (χ2n) is 4.21. The van der Waals surface area contributed by atoms with Crippen molar-refractivity contribution in [3.63, 3.8) is 0 Å². The Morgan fingerprint density at radius 1 is 1.22 bits per heavy atom. The third-order valence-corrected chi connectivity index (χ3v) is 2.49. The molecule has 0 atom stereocenters. The van der Waals surface area contributed by atoms with Gasteiger partial charge in [-0.25, -0.2) is 4.98 Å². The molecule has 0 aliphatic rings. The van der Waals surface area contributed by atoms with Crippen LogP contribution in [0.25, 0.3) is 0 Å². The number of nitrogens with zero attached hydrogens (tertiary/aromatic N) is 2. The van der Waals surface area contributed by atoms with Gasteiger partial charge in [0, 0.05) is 0 Å². The zero-order valence-corrected chi connectivity index (χ0v) is 10.2. The first-order valence-electron chi connectivity index (χ1n) is 5.62. The largest absolute Gasteiger partial charge is 0.436 e. The third kappa shape index (κ3) is 2.74. The zero-order valence-electron chi connectivity index (χ0n) is 10.2. The Morgan fingerprint density at radius 3 is 2.50 bits per heavy atom. The van der Waals surface area contributed by atoms with E-state index in [1.54, 1.807) is 12.1 Å². The lowest BCUT2D eigenvalue weighted by Crippen LogP contribution is -1.99. The summed E-state index contributed by atoms with van der Waals surface area (Å²) < 4.78 is 18.7. The Morgan fingerprint density at radius 2 is 1.89 bits per heavy atom. The highest BCUT2D eigenvalue weighted by Gasteiger charge is 2.08. The minimum atomic E-state index is -0.642. The second kappa shape index (κ2) is 5.00. The Labute approximate surface area is 105 Å². The molecule has 1 heterocycles. The van der Waals surface area contributed by atoms with E-state index in [0.29, 0.717) is 11.7 Å². The van der Waals surface area contributed by atoms with Crippen LogP contribution in [0.4, 0.5) is 10.3 Å². The molecule has 1 aromatic heterocycles. The number of rotatable bonds is 3.